The van der Waals surface area contributed by atoms with Crippen LogP contribution in [0.1, 0.15) is 45.7 Å². The largest absolute Gasteiger partial charge is 0.481 e. The summed E-state index contributed by atoms with van der Waals surface area (Å²) in [6.45, 7) is 10.0. The van der Waals surface area contributed by atoms with Gasteiger partial charge in [-0.25, -0.2) is 0 Å². The molecular weight excluding hydrogens is 340 g/mol. The molecule has 27 heavy (non-hydrogen) atoms. The van der Waals surface area contributed by atoms with E-state index in [1.54, 1.807) is 13.0 Å². The highest BCUT2D eigenvalue weighted by Crippen LogP contribution is 2.24. The molecular formula is C22H28N2O3. The maximum absolute atomic E-state index is 12.3. The van der Waals surface area contributed by atoms with Gasteiger partial charge in [0.25, 0.3) is 5.91 Å². The number of rotatable bonds is 6. The van der Waals surface area contributed by atoms with Crippen molar-refractivity contribution < 1.29 is 14.3 Å². The predicted octanol–water partition coefficient (Wildman–Crippen LogP) is 4.03. The summed E-state index contributed by atoms with van der Waals surface area (Å²) in [6, 6.07) is 15.2. The number of hydrogen-bond acceptors (Lipinski definition) is 3. The fraction of sp³-hybridized carbons (Fsp3) is 0.364. The highest BCUT2D eigenvalue weighted by molar-refractivity contribution is 5.88. The van der Waals surface area contributed by atoms with E-state index < -0.39 is 6.10 Å². The van der Waals surface area contributed by atoms with Crippen molar-refractivity contribution in [3.8, 4) is 5.75 Å². The molecule has 0 fully saturated rings. The molecule has 0 bridgehead atoms. The van der Waals surface area contributed by atoms with Gasteiger partial charge in [0.15, 0.2) is 6.10 Å². The van der Waals surface area contributed by atoms with Crippen LogP contribution < -0.4 is 15.4 Å². The van der Waals surface area contributed by atoms with Gasteiger partial charge in [-0.05, 0) is 47.7 Å². The zero-order valence-corrected chi connectivity index (χ0v) is 16.6. The number of ether oxygens (including phenoxy) is 1. The smallest absolute Gasteiger partial charge is 0.261 e. The van der Waals surface area contributed by atoms with E-state index in [-0.39, 0.29) is 17.2 Å². The summed E-state index contributed by atoms with van der Waals surface area (Å²) in [5, 5.41) is 5.59. The molecule has 2 amide bonds. The summed E-state index contributed by atoms with van der Waals surface area (Å²) in [5.74, 6) is 0.342. The molecule has 0 aliphatic carbocycles. The lowest BCUT2D eigenvalue weighted by Crippen LogP contribution is -2.35. The van der Waals surface area contributed by atoms with Crippen LogP contribution in [0.5, 0.6) is 5.75 Å². The van der Waals surface area contributed by atoms with Crippen LogP contribution in [0, 0.1) is 0 Å². The maximum Gasteiger partial charge on any atom is 0.261 e. The Morgan fingerprint density at radius 2 is 1.74 bits per heavy atom. The first-order valence-corrected chi connectivity index (χ1v) is 9.06. The third-order valence-electron chi connectivity index (χ3n) is 4.12. The van der Waals surface area contributed by atoms with Crippen LogP contribution in [0.25, 0.3) is 0 Å². The number of anilines is 1. The molecule has 0 aliphatic heterocycles. The maximum atomic E-state index is 12.3. The zero-order chi connectivity index (χ0) is 20.0. The van der Waals surface area contributed by atoms with Crippen molar-refractivity contribution in [2.45, 2.75) is 52.7 Å². The normalized spacial score (nSPS) is 12.2. The van der Waals surface area contributed by atoms with Crippen LogP contribution in [-0.4, -0.2) is 17.9 Å². The first kappa shape index (κ1) is 20.5. The molecule has 2 aromatic rings. The van der Waals surface area contributed by atoms with Crippen molar-refractivity contribution in [3.05, 3.63) is 59.7 Å². The predicted molar refractivity (Wildman–Crippen MR) is 108 cm³/mol. The molecule has 5 nitrogen and oxygen atoms in total. The molecule has 5 heteroatoms. The minimum Gasteiger partial charge on any atom is -0.481 e. The summed E-state index contributed by atoms with van der Waals surface area (Å²) < 4.78 is 5.74. The zero-order valence-electron chi connectivity index (χ0n) is 16.6. The van der Waals surface area contributed by atoms with E-state index in [9.17, 15) is 9.59 Å². The molecule has 0 aliphatic rings. The lowest BCUT2D eigenvalue weighted by Gasteiger charge is -2.20. The molecule has 0 spiro atoms. The van der Waals surface area contributed by atoms with Crippen LogP contribution >= 0.6 is 0 Å². The van der Waals surface area contributed by atoms with E-state index in [1.165, 1.54) is 12.5 Å². The van der Waals surface area contributed by atoms with Crippen molar-refractivity contribution in [1.29, 1.82) is 0 Å². The van der Waals surface area contributed by atoms with E-state index in [2.05, 4.69) is 31.4 Å². The van der Waals surface area contributed by atoms with Gasteiger partial charge in [0.1, 0.15) is 5.75 Å². The Kier molecular flexibility index (Phi) is 6.61. The number of carbonyl (C=O) groups is 2. The van der Waals surface area contributed by atoms with Gasteiger partial charge in [-0.1, -0.05) is 45.0 Å². The van der Waals surface area contributed by atoms with Crippen LogP contribution in [0.4, 0.5) is 5.69 Å². The fourth-order valence-electron chi connectivity index (χ4n) is 2.59. The monoisotopic (exact) mass is 368 g/mol. The second-order valence-electron chi connectivity index (χ2n) is 7.63. The average molecular weight is 368 g/mol. The van der Waals surface area contributed by atoms with Gasteiger partial charge in [0.2, 0.25) is 5.91 Å². The van der Waals surface area contributed by atoms with Gasteiger partial charge in [0, 0.05) is 19.2 Å². The van der Waals surface area contributed by atoms with E-state index in [0.29, 0.717) is 18.0 Å². The first-order chi connectivity index (χ1) is 12.6. The van der Waals surface area contributed by atoms with E-state index >= 15 is 0 Å². The molecule has 0 saturated carbocycles. The van der Waals surface area contributed by atoms with Gasteiger partial charge >= 0.3 is 0 Å². The Morgan fingerprint density at radius 1 is 1.07 bits per heavy atom. The standard InChI is InChI=1S/C22H28N2O3/c1-15(27-20-11-9-18(10-12-20)22(3,4)5)21(26)23-14-17-7-6-8-19(13-17)24-16(2)25/h6-13,15H,14H2,1-5H3,(H,23,26)(H,24,25). The first-order valence-electron chi connectivity index (χ1n) is 9.06. The molecule has 0 saturated heterocycles. The molecule has 1 unspecified atom stereocenters. The second-order valence-corrected chi connectivity index (χ2v) is 7.63. The van der Waals surface area contributed by atoms with Crippen LogP contribution in [-0.2, 0) is 21.5 Å². The van der Waals surface area contributed by atoms with Gasteiger partial charge in [-0.3, -0.25) is 9.59 Å². The minimum absolute atomic E-state index is 0.0767. The Bertz CT molecular complexity index is 792. The fourth-order valence-corrected chi connectivity index (χ4v) is 2.59. The highest BCUT2D eigenvalue weighted by atomic mass is 16.5. The van der Waals surface area contributed by atoms with Crippen LogP contribution in [0.3, 0.4) is 0 Å². The van der Waals surface area contributed by atoms with Gasteiger partial charge in [-0.15, -0.1) is 0 Å². The Morgan fingerprint density at radius 3 is 2.33 bits per heavy atom. The molecule has 2 rings (SSSR count). The molecule has 144 valence electrons. The quantitative estimate of drug-likeness (QED) is 0.809. The average Bonchev–Trinajstić information content (AvgIpc) is 2.59. The molecule has 1 atom stereocenters. The van der Waals surface area contributed by atoms with E-state index in [0.717, 1.165) is 5.56 Å². The summed E-state index contributed by atoms with van der Waals surface area (Å²) in [4.78, 5) is 23.4. The Balaban J connectivity index is 1.89. The van der Waals surface area contributed by atoms with E-state index in [4.69, 9.17) is 4.74 Å². The summed E-state index contributed by atoms with van der Waals surface area (Å²) >= 11 is 0. The van der Waals surface area contributed by atoms with Crippen molar-refractivity contribution in [3.63, 3.8) is 0 Å². The number of nitrogens with one attached hydrogen (secondary N) is 2. The number of benzene rings is 2. The van der Waals surface area contributed by atoms with Crippen molar-refractivity contribution in [2.24, 2.45) is 0 Å². The highest BCUT2D eigenvalue weighted by Gasteiger charge is 2.16. The summed E-state index contributed by atoms with van der Waals surface area (Å²) in [5.41, 5.74) is 2.90. The Labute approximate surface area is 161 Å². The summed E-state index contributed by atoms with van der Waals surface area (Å²) in [6.07, 6.45) is -0.607. The lowest BCUT2D eigenvalue weighted by molar-refractivity contribution is -0.127. The summed E-state index contributed by atoms with van der Waals surface area (Å²) in [7, 11) is 0. The molecule has 2 N–H and O–H groups in total. The number of carbonyl (C=O) groups excluding carboxylic acids is 2. The Hall–Kier alpha value is -2.82. The van der Waals surface area contributed by atoms with Crippen molar-refractivity contribution >= 4 is 17.5 Å². The third kappa shape index (κ3) is 6.44. The minimum atomic E-state index is -0.607. The lowest BCUT2D eigenvalue weighted by atomic mass is 9.87. The SMILES string of the molecule is CC(=O)Nc1cccc(CNC(=O)C(C)Oc2ccc(C(C)(C)C)cc2)c1. The van der Waals surface area contributed by atoms with Crippen molar-refractivity contribution in [2.75, 3.05) is 5.32 Å². The molecule has 2 aromatic carbocycles. The molecule has 0 aromatic heterocycles. The third-order valence-corrected chi connectivity index (χ3v) is 4.12. The number of amides is 2. The molecule has 0 radical (unpaired) electrons. The van der Waals surface area contributed by atoms with Gasteiger partial charge in [-0.2, -0.15) is 0 Å². The van der Waals surface area contributed by atoms with Crippen LogP contribution in [0.2, 0.25) is 0 Å². The topological polar surface area (TPSA) is 67.4 Å². The molecule has 0 heterocycles. The van der Waals surface area contributed by atoms with Gasteiger partial charge in [0.05, 0.1) is 0 Å². The second kappa shape index (κ2) is 8.71. The van der Waals surface area contributed by atoms with E-state index in [1.807, 2.05) is 42.5 Å². The van der Waals surface area contributed by atoms with Gasteiger partial charge < -0.3 is 15.4 Å². The van der Waals surface area contributed by atoms with Crippen LogP contribution in [0.15, 0.2) is 48.5 Å². The number of hydrogen-bond donors (Lipinski definition) is 2. The van der Waals surface area contributed by atoms with Crippen molar-refractivity contribution in [1.82, 2.24) is 5.32 Å².